The Morgan fingerprint density at radius 1 is 1.00 bits per heavy atom. The molecule has 2 rings (SSSR count). The summed E-state index contributed by atoms with van der Waals surface area (Å²) >= 11 is 0. The van der Waals surface area contributed by atoms with Crippen molar-refractivity contribution in [2.24, 2.45) is 0 Å². The molecule has 0 spiro atoms. The standard InChI is InChI=1S/C23H25NO5/c1-5-7-16-9-11-21(29-23(26)24-15-22(25)28-4)19(13-16)17-10-12-20(27-3)18(14-17)8-6-2/h5-6,9-14H,1-2,7-8,15H2,3-4H3,(H,24,26). The molecule has 29 heavy (non-hydrogen) atoms. The predicted molar refractivity (Wildman–Crippen MR) is 112 cm³/mol. The molecular formula is C23H25NO5. The first kappa shape index (κ1) is 21.8. The Balaban J connectivity index is 2.40. The van der Waals surface area contributed by atoms with Crippen LogP contribution in [0.1, 0.15) is 11.1 Å². The lowest BCUT2D eigenvalue weighted by atomic mass is 9.97. The molecule has 2 aromatic rings. The largest absolute Gasteiger partial charge is 0.496 e. The number of methoxy groups -OCH3 is 2. The lowest BCUT2D eigenvalue weighted by Crippen LogP contribution is -2.32. The number of hydrogen-bond acceptors (Lipinski definition) is 5. The predicted octanol–water partition coefficient (Wildman–Crippen LogP) is 4.08. The highest BCUT2D eigenvalue weighted by molar-refractivity contribution is 5.81. The molecule has 6 heteroatoms. The third kappa shape index (κ3) is 5.97. The van der Waals surface area contributed by atoms with Crippen LogP contribution in [-0.4, -0.2) is 32.8 Å². The third-order valence-corrected chi connectivity index (χ3v) is 4.19. The summed E-state index contributed by atoms with van der Waals surface area (Å²) in [6, 6.07) is 11.3. The van der Waals surface area contributed by atoms with E-state index < -0.39 is 12.1 Å². The van der Waals surface area contributed by atoms with Gasteiger partial charge in [0.1, 0.15) is 18.0 Å². The maximum Gasteiger partial charge on any atom is 0.413 e. The number of hydrogen-bond donors (Lipinski definition) is 1. The topological polar surface area (TPSA) is 73.9 Å². The molecule has 0 fully saturated rings. The second kappa shape index (κ2) is 10.7. The van der Waals surface area contributed by atoms with Gasteiger partial charge in [0, 0.05) is 5.56 Å². The van der Waals surface area contributed by atoms with Crippen molar-refractivity contribution in [1.29, 1.82) is 0 Å². The van der Waals surface area contributed by atoms with Crippen LogP contribution in [0.2, 0.25) is 0 Å². The quantitative estimate of drug-likeness (QED) is 0.512. The number of benzene rings is 2. The molecular weight excluding hydrogens is 370 g/mol. The Labute approximate surface area is 170 Å². The molecule has 2 aromatic carbocycles. The summed E-state index contributed by atoms with van der Waals surface area (Å²) in [6.07, 6.45) is 4.18. The van der Waals surface area contributed by atoms with E-state index in [1.807, 2.05) is 30.3 Å². The number of carbonyl (C=O) groups is 2. The lowest BCUT2D eigenvalue weighted by Gasteiger charge is -2.14. The van der Waals surface area contributed by atoms with Gasteiger partial charge in [-0.2, -0.15) is 0 Å². The van der Waals surface area contributed by atoms with Crippen molar-refractivity contribution in [3.63, 3.8) is 0 Å². The summed E-state index contributed by atoms with van der Waals surface area (Å²) in [5.41, 5.74) is 3.60. The molecule has 152 valence electrons. The Morgan fingerprint density at radius 3 is 2.38 bits per heavy atom. The van der Waals surface area contributed by atoms with E-state index in [2.05, 4.69) is 23.2 Å². The fraction of sp³-hybridized carbons (Fsp3) is 0.217. The summed E-state index contributed by atoms with van der Waals surface area (Å²) in [4.78, 5) is 23.3. The molecule has 0 aliphatic rings. The zero-order valence-corrected chi connectivity index (χ0v) is 16.7. The van der Waals surface area contributed by atoms with Gasteiger partial charge in [-0.1, -0.05) is 24.3 Å². The van der Waals surface area contributed by atoms with Crippen molar-refractivity contribution in [2.75, 3.05) is 20.8 Å². The Hall–Kier alpha value is -3.54. The number of amides is 1. The van der Waals surface area contributed by atoms with Crippen molar-refractivity contribution in [3.8, 4) is 22.6 Å². The van der Waals surface area contributed by atoms with Crippen LogP contribution in [-0.2, 0) is 22.4 Å². The van der Waals surface area contributed by atoms with E-state index in [0.29, 0.717) is 18.6 Å². The van der Waals surface area contributed by atoms with E-state index in [4.69, 9.17) is 9.47 Å². The number of carbonyl (C=O) groups excluding carboxylic acids is 2. The third-order valence-electron chi connectivity index (χ3n) is 4.19. The number of nitrogens with one attached hydrogen (secondary N) is 1. The average molecular weight is 395 g/mol. The second-order valence-corrected chi connectivity index (χ2v) is 6.16. The number of esters is 1. The summed E-state index contributed by atoms with van der Waals surface area (Å²) < 4.78 is 15.4. The molecule has 0 saturated heterocycles. The number of rotatable bonds is 9. The van der Waals surface area contributed by atoms with Crippen LogP contribution < -0.4 is 14.8 Å². The van der Waals surface area contributed by atoms with Gasteiger partial charge in [0.15, 0.2) is 0 Å². The van der Waals surface area contributed by atoms with E-state index in [1.54, 1.807) is 25.3 Å². The van der Waals surface area contributed by atoms with Crippen molar-refractivity contribution in [2.45, 2.75) is 12.8 Å². The first-order valence-electron chi connectivity index (χ1n) is 9.06. The fourth-order valence-electron chi connectivity index (χ4n) is 2.80. The minimum atomic E-state index is -0.743. The molecule has 0 heterocycles. The van der Waals surface area contributed by atoms with Crippen molar-refractivity contribution in [3.05, 3.63) is 72.8 Å². The maximum absolute atomic E-state index is 12.1. The smallest absolute Gasteiger partial charge is 0.413 e. The Kier molecular flexibility index (Phi) is 8.03. The minimum absolute atomic E-state index is 0.273. The Bertz CT molecular complexity index is 904. The fourth-order valence-corrected chi connectivity index (χ4v) is 2.80. The molecule has 0 bridgehead atoms. The highest BCUT2D eigenvalue weighted by Gasteiger charge is 2.14. The van der Waals surface area contributed by atoms with Gasteiger partial charge in [-0.25, -0.2) is 4.79 Å². The average Bonchev–Trinajstić information content (AvgIpc) is 2.73. The molecule has 1 amide bonds. The summed E-state index contributed by atoms with van der Waals surface area (Å²) in [5, 5.41) is 2.37. The van der Waals surface area contributed by atoms with E-state index in [0.717, 1.165) is 28.0 Å². The van der Waals surface area contributed by atoms with Gasteiger partial charge >= 0.3 is 12.1 Å². The van der Waals surface area contributed by atoms with Crippen molar-refractivity contribution >= 4 is 12.1 Å². The highest BCUT2D eigenvalue weighted by atomic mass is 16.6. The molecule has 0 aromatic heterocycles. The van der Waals surface area contributed by atoms with Gasteiger partial charge in [-0.05, 0) is 53.8 Å². The summed E-state index contributed by atoms with van der Waals surface area (Å²) in [7, 11) is 2.86. The normalized spacial score (nSPS) is 10.0. The van der Waals surface area contributed by atoms with Crippen LogP contribution in [0.3, 0.4) is 0 Å². The van der Waals surface area contributed by atoms with Gasteiger partial charge < -0.3 is 19.5 Å². The SMILES string of the molecule is C=CCc1ccc(OC(=O)NCC(=O)OC)c(-c2ccc(OC)c(CC=C)c2)c1. The van der Waals surface area contributed by atoms with Crippen molar-refractivity contribution in [1.82, 2.24) is 5.32 Å². The first-order chi connectivity index (χ1) is 14.0. The molecule has 0 aliphatic carbocycles. The zero-order chi connectivity index (χ0) is 21.2. The van der Waals surface area contributed by atoms with Crippen LogP contribution in [0, 0.1) is 0 Å². The van der Waals surface area contributed by atoms with Crippen LogP contribution in [0.15, 0.2) is 61.7 Å². The van der Waals surface area contributed by atoms with Crippen molar-refractivity contribution < 1.29 is 23.8 Å². The van der Waals surface area contributed by atoms with Gasteiger partial charge in [0.2, 0.25) is 0 Å². The second-order valence-electron chi connectivity index (χ2n) is 6.16. The molecule has 6 nitrogen and oxygen atoms in total. The first-order valence-corrected chi connectivity index (χ1v) is 9.06. The monoisotopic (exact) mass is 395 g/mol. The minimum Gasteiger partial charge on any atom is -0.496 e. The van der Waals surface area contributed by atoms with Crippen LogP contribution in [0.4, 0.5) is 4.79 Å². The van der Waals surface area contributed by atoms with Crippen LogP contribution in [0.25, 0.3) is 11.1 Å². The zero-order valence-electron chi connectivity index (χ0n) is 16.7. The van der Waals surface area contributed by atoms with E-state index >= 15 is 0 Å². The lowest BCUT2D eigenvalue weighted by molar-refractivity contribution is -0.139. The molecule has 0 atom stereocenters. The van der Waals surface area contributed by atoms with E-state index in [9.17, 15) is 9.59 Å². The molecule has 0 aliphatic heterocycles. The van der Waals surface area contributed by atoms with Gasteiger partial charge in [0.05, 0.1) is 14.2 Å². The van der Waals surface area contributed by atoms with E-state index in [-0.39, 0.29) is 6.54 Å². The summed E-state index contributed by atoms with van der Waals surface area (Å²) in [6.45, 7) is 7.29. The Morgan fingerprint density at radius 2 is 1.72 bits per heavy atom. The molecule has 0 radical (unpaired) electrons. The van der Waals surface area contributed by atoms with Gasteiger partial charge in [0.25, 0.3) is 0 Å². The van der Waals surface area contributed by atoms with Crippen LogP contribution in [0.5, 0.6) is 11.5 Å². The number of ether oxygens (including phenoxy) is 3. The highest BCUT2D eigenvalue weighted by Crippen LogP contribution is 2.34. The van der Waals surface area contributed by atoms with E-state index in [1.165, 1.54) is 7.11 Å². The molecule has 0 unspecified atom stereocenters. The van der Waals surface area contributed by atoms with Gasteiger partial charge in [-0.3, -0.25) is 4.79 Å². The van der Waals surface area contributed by atoms with Gasteiger partial charge in [-0.15, -0.1) is 13.2 Å². The molecule has 1 N–H and O–H groups in total. The maximum atomic E-state index is 12.1. The summed E-state index contributed by atoms with van der Waals surface area (Å²) in [5.74, 6) is 0.566. The number of allylic oxidation sites excluding steroid dienone is 2. The van der Waals surface area contributed by atoms with Crippen LogP contribution >= 0.6 is 0 Å². The molecule has 0 saturated carbocycles.